The molecule has 1 aromatic rings. The van der Waals surface area contributed by atoms with E-state index in [-0.39, 0.29) is 6.04 Å². The number of halogens is 3. The first kappa shape index (κ1) is 14.8. The maximum absolute atomic E-state index is 12.4. The Labute approximate surface area is 105 Å². The Morgan fingerprint density at radius 3 is 2.11 bits per heavy atom. The monoisotopic (exact) mass is 261 g/mol. The van der Waals surface area contributed by atoms with E-state index in [4.69, 9.17) is 4.74 Å². The lowest BCUT2D eigenvalue weighted by atomic mass is 10.0. The van der Waals surface area contributed by atoms with E-state index < -0.39 is 11.7 Å². The van der Waals surface area contributed by atoms with Gasteiger partial charge in [0.15, 0.2) is 0 Å². The third-order valence-electron chi connectivity index (χ3n) is 2.72. The fraction of sp³-hybridized carbons (Fsp3) is 0.538. The molecule has 0 aliphatic heterocycles. The molecule has 0 radical (unpaired) electrons. The average Bonchev–Trinajstić information content (AvgIpc) is 2.28. The summed E-state index contributed by atoms with van der Waals surface area (Å²) in [5.74, 6) is 0.326. The SMILES string of the molecule is COCC(Nc1ccc(C(F)(F)F)cc1)C(C)C. The summed E-state index contributed by atoms with van der Waals surface area (Å²) < 4.78 is 42.2. The van der Waals surface area contributed by atoms with Crippen molar-refractivity contribution in [3.8, 4) is 0 Å². The lowest BCUT2D eigenvalue weighted by Crippen LogP contribution is -2.30. The number of methoxy groups -OCH3 is 1. The molecule has 0 aromatic heterocycles. The summed E-state index contributed by atoms with van der Waals surface area (Å²) in [4.78, 5) is 0. The molecule has 0 saturated heterocycles. The summed E-state index contributed by atoms with van der Waals surface area (Å²) in [7, 11) is 1.60. The molecule has 1 N–H and O–H groups in total. The molecule has 0 bridgehead atoms. The normalized spacial score (nSPS) is 13.7. The fourth-order valence-corrected chi connectivity index (χ4v) is 1.55. The molecular formula is C13H18F3NO. The van der Waals surface area contributed by atoms with Crippen LogP contribution in [0.2, 0.25) is 0 Å². The van der Waals surface area contributed by atoms with E-state index in [1.165, 1.54) is 12.1 Å². The summed E-state index contributed by atoms with van der Waals surface area (Å²) in [6, 6.07) is 5.10. The number of rotatable bonds is 5. The molecule has 1 atom stereocenters. The van der Waals surface area contributed by atoms with E-state index in [1.54, 1.807) is 7.11 Å². The first-order valence-electron chi connectivity index (χ1n) is 5.77. The van der Waals surface area contributed by atoms with Crippen molar-refractivity contribution in [2.75, 3.05) is 19.0 Å². The largest absolute Gasteiger partial charge is 0.416 e. The summed E-state index contributed by atoms with van der Waals surface area (Å²) in [5.41, 5.74) is 0.0274. The third-order valence-corrected chi connectivity index (χ3v) is 2.72. The van der Waals surface area contributed by atoms with Crippen LogP contribution in [0.5, 0.6) is 0 Å². The summed E-state index contributed by atoms with van der Waals surface area (Å²) in [5, 5.41) is 3.17. The van der Waals surface area contributed by atoms with Gasteiger partial charge in [-0.15, -0.1) is 0 Å². The summed E-state index contributed by atoms with van der Waals surface area (Å²) >= 11 is 0. The average molecular weight is 261 g/mol. The number of benzene rings is 1. The minimum Gasteiger partial charge on any atom is -0.383 e. The lowest BCUT2D eigenvalue weighted by molar-refractivity contribution is -0.137. The van der Waals surface area contributed by atoms with Crippen LogP contribution in [0.15, 0.2) is 24.3 Å². The van der Waals surface area contributed by atoms with Crippen molar-refractivity contribution < 1.29 is 17.9 Å². The molecule has 1 unspecified atom stereocenters. The van der Waals surface area contributed by atoms with Crippen LogP contribution in [0.4, 0.5) is 18.9 Å². The lowest BCUT2D eigenvalue weighted by Gasteiger charge is -2.23. The zero-order valence-electron chi connectivity index (χ0n) is 10.7. The standard InChI is InChI=1S/C13H18F3NO/c1-9(2)12(8-18-3)17-11-6-4-10(5-7-11)13(14,15)16/h4-7,9,12,17H,8H2,1-3H3. The van der Waals surface area contributed by atoms with Crippen molar-refractivity contribution in [1.82, 2.24) is 0 Å². The zero-order chi connectivity index (χ0) is 13.8. The second-order valence-corrected chi connectivity index (χ2v) is 4.53. The first-order chi connectivity index (χ1) is 8.34. The maximum atomic E-state index is 12.4. The fourth-order valence-electron chi connectivity index (χ4n) is 1.55. The van der Waals surface area contributed by atoms with E-state index >= 15 is 0 Å². The van der Waals surface area contributed by atoms with Crippen LogP contribution < -0.4 is 5.32 Å². The van der Waals surface area contributed by atoms with Crippen molar-refractivity contribution >= 4 is 5.69 Å². The van der Waals surface area contributed by atoms with Gasteiger partial charge in [-0.25, -0.2) is 0 Å². The van der Waals surface area contributed by atoms with E-state index in [9.17, 15) is 13.2 Å². The molecule has 0 saturated carbocycles. The Kier molecular flexibility index (Phi) is 5.02. The molecule has 18 heavy (non-hydrogen) atoms. The molecule has 2 nitrogen and oxygen atoms in total. The van der Waals surface area contributed by atoms with Gasteiger partial charge in [-0.3, -0.25) is 0 Å². The summed E-state index contributed by atoms with van der Waals surface area (Å²) in [6.45, 7) is 4.57. The van der Waals surface area contributed by atoms with Crippen molar-refractivity contribution in [3.63, 3.8) is 0 Å². The van der Waals surface area contributed by atoms with Gasteiger partial charge in [-0.2, -0.15) is 13.2 Å². The van der Waals surface area contributed by atoms with E-state index in [1.807, 2.05) is 13.8 Å². The van der Waals surface area contributed by atoms with Crippen molar-refractivity contribution in [2.24, 2.45) is 5.92 Å². The second-order valence-electron chi connectivity index (χ2n) is 4.53. The minimum absolute atomic E-state index is 0.0757. The van der Waals surface area contributed by atoms with Crippen LogP contribution in [0.1, 0.15) is 19.4 Å². The predicted octanol–water partition coefficient (Wildman–Crippen LogP) is 3.79. The number of alkyl halides is 3. The van der Waals surface area contributed by atoms with Gasteiger partial charge in [-0.1, -0.05) is 13.8 Å². The van der Waals surface area contributed by atoms with Crippen LogP contribution in [0, 0.1) is 5.92 Å². The van der Waals surface area contributed by atoms with E-state index in [0.29, 0.717) is 18.2 Å². The van der Waals surface area contributed by atoms with Crippen LogP contribution >= 0.6 is 0 Å². The topological polar surface area (TPSA) is 21.3 Å². The molecule has 5 heteroatoms. The Hall–Kier alpha value is -1.23. The quantitative estimate of drug-likeness (QED) is 0.870. The van der Waals surface area contributed by atoms with Crippen LogP contribution in [0.25, 0.3) is 0 Å². The van der Waals surface area contributed by atoms with Crippen LogP contribution in [0.3, 0.4) is 0 Å². The Balaban J connectivity index is 2.73. The van der Waals surface area contributed by atoms with Crippen molar-refractivity contribution in [1.29, 1.82) is 0 Å². The predicted molar refractivity (Wildman–Crippen MR) is 65.6 cm³/mol. The highest BCUT2D eigenvalue weighted by molar-refractivity contribution is 5.46. The molecule has 1 aromatic carbocycles. The molecule has 0 aliphatic carbocycles. The molecule has 0 spiro atoms. The highest BCUT2D eigenvalue weighted by Crippen LogP contribution is 2.30. The highest BCUT2D eigenvalue weighted by atomic mass is 19.4. The van der Waals surface area contributed by atoms with Gasteiger partial charge in [0.2, 0.25) is 0 Å². The molecule has 1 rings (SSSR count). The first-order valence-corrected chi connectivity index (χ1v) is 5.77. The molecule has 0 fully saturated rings. The number of anilines is 1. The number of nitrogens with one attached hydrogen (secondary N) is 1. The van der Waals surface area contributed by atoms with E-state index in [0.717, 1.165) is 12.1 Å². The minimum atomic E-state index is -4.29. The van der Waals surface area contributed by atoms with E-state index in [2.05, 4.69) is 5.32 Å². The third kappa shape index (κ3) is 4.22. The second kappa shape index (κ2) is 6.09. The maximum Gasteiger partial charge on any atom is 0.416 e. The molecule has 102 valence electrons. The van der Waals surface area contributed by atoms with Gasteiger partial charge >= 0.3 is 6.18 Å². The number of hydrogen-bond donors (Lipinski definition) is 1. The molecule has 0 aliphatic rings. The van der Waals surface area contributed by atoms with Crippen LogP contribution in [-0.2, 0) is 10.9 Å². The van der Waals surface area contributed by atoms with Gasteiger partial charge in [0.25, 0.3) is 0 Å². The smallest absolute Gasteiger partial charge is 0.383 e. The number of hydrogen-bond acceptors (Lipinski definition) is 2. The van der Waals surface area contributed by atoms with Gasteiger partial charge in [-0.05, 0) is 30.2 Å². The van der Waals surface area contributed by atoms with Crippen molar-refractivity contribution in [2.45, 2.75) is 26.1 Å². The zero-order valence-corrected chi connectivity index (χ0v) is 10.7. The number of ether oxygens (including phenoxy) is 1. The van der Waals surface area contributed by atoms with Gasteiger partial charge in [0.1, 0.15) is 0 Å². The van der Waals surface area contributed by atoms with Gasteiger partial charge < -0.3 is 10.1 Å². The van der Waals surface area contributed by atoms with Gasteiger partial charge in [0.05, 0.1) is 18.2 Å². The molecule has 0 amide bonds. The Morgan fingerprint density at radius 1 is 1.17 bits per heavy atom. The van der Waals surface area contributed by atoms with Crippen molar-refractivity contribution in [3.05, 3.63) is 29.8 Å². The Morgan fingerprint density at radius 2 is 1.72 bits per heavy atom. The molecule has 0 heterocycles. The molecular weight excluding hydrogens is 243 g/mol. The van der Waals surface area contributed by atoms with Crippen LogP contribution in [-0.4, -0.2) is 19.8 Å². The Bertz CT molecular complexity index is 359. The van der Waals surface area contributed by atoms with Gasteiger partial charge in [0, 0.05) is 12.8 Å². The highest BCUT2D eigenvalue weighted by Gasteiger charge is 2.30. The summed E-state index contributed by atoms with van der Waals surface area (Å²) in [6.07, 6.45) is -4.29.